The van der Waals surface area contributed by atoms with E-state index in [4.69, 9.17) is 11.6 Å². The zero-order valence-corrected chi connectivity index (χ0v) is 16.4. The molecule has 144 valence electrons. The molecule has 3 aromatic rings. The monoisotopic (exact) mass is 435 g/mol. The number of benzene rings is 1. The van der Waals surface area contributed by atoms with Gasteiger partial charge in [-0.2, -0.15) is 18.3 Å². The predicted octanol–water partition coefficient (Wildman–Crippen LogP) is 5.23. The normalized spacial score (nSPS) is 12.4. The van der Waals surface area contributed by atoms with Crippen LogP contribution in [-0.2, 0) is 16.2 Å². The molecule has 0 fully saturated rings. The summed E-state index contributed by atoms with van der Waals surface area (Å²) in [5, 5.41) is 5.96. The van der Waals surface area contributed by atoms with E-state index in [1.54, 1.807) is 32.0 Å². The first-order chi connectivity index (χ1) is 12.5. The highest BCUT2D eigenvalue weighted by Gasteiger charge is 2.33. The number of anilines is 1. The quantitative estimate of drug-likeness (QED) is 0.589. The Bertz CT molecular complexity index is 1100. The van der Waals surface area contributed by atoms with Crippen LogP contribution in [0.2, 0.25) is 5.02 Å². The zero-order valence-electron chi connectivity index (χ0n) is 14.0. The van der Waals surface area contributed by atoms with Gasteiger partial charge in [-0.05, 0) is 43.7 Å². The maximum absolute atomic E-state index is 12.7. The molecule has 1 aromatic carbocycles. The summed E-state index contributed by atoms with van der Waals surface area (Å²) in [5.74, 6) is 0. The van der Waals surface area contributed by atoms with E-state index in [0.717, 1.165) is 17.4 Å². The van der Waals surface area contributed by atoms with Gasteiger partial charge in [-0.15, -0.1) is 11.3 Å². The summed E-state index contributed by atoms with van der Waals surface area (Å²) in [7, 11) is -3.95. The average Bonchev–Trinajstić information content (AvgIpc) is 3.18. The van der Waals surface area contributed by atoms with Crippen molar-refractivity contribution in [3.8, 4) is 10.6 Å². The zero-order chi connectivity index (χ0) is 20.0. The average molecular weight is 436 g/mol. The van der Waals surface area contributed by atoms with Gasteiger partial charge in [0.2, 0.25) is 0 Å². The van der Waals surface area contributed by atoms with Gasteiger partial charge in [0.25, 0.3) is 10.0 Å². The fourth-order valence-electron chi connectivity index (χ4n) is 2.37. The molecule has 0 radical (unpaired) electrons. The maximum atomic E-state index is 12.7. The van der Waals surface area contributed by atoms with Crippen LogP contribution in [0.5, 0.6) is 0 Å². The van der Waals surface area contributed by atoms with E-state index in [9.17, 15) is 21.6 Å². The number of aromatic amines is 1. The minimum absolute atomic E-state index is 0.0239. The van der Waals surface area contributed by atoms with Crippen LogP contribution < -0.4 is 4.72 Å². The van der Waals surface area contributed by atoms with E-state index in [0.29, 0.717) is 26.0 Å². The molecule has 2 N–H and O–H groups in total. The Morgan fingerprint density at radius 2 is 1.93 bits per heavy atom. The lowest BCUT2D eigenvalue weighted by Crippen LogP contribution is -2.14. The summed E-state index contributed by atoms with van der Waals surface area (Å²) < 4.78 is 66.1. The van der Waals surface area contributed by atoms with Crippen LogP contribution in [0, 0.1) is 13.8 Å². The van der Waals surface area contributed by atoms with Gasteiger partial charge in [-0.25, -0.2) is 8.42 Å². The Hall–Kier alpha value is -2.04. The number of aromatic nitrogens is 2. The molecule has 0 saturated carbocycles. The largest absolute Gasteiger partial charge is 0.432 e. The first-order valence-electron chi connectivity index (χ1n) is 7.50. The van der Waals surface area contributed by atoms with Crippen molar-refractivity contribution < 1.29 is 21.6 Å². The van der Waals surface area contributed by atoms with Gasteiger partial charge in [-0.3, -0.25) is 9.82 Å². The van der Waals surface area contributed by atoms with Crippen molar-refractivity contribution in [3.05, 3.63) is 51.5 Å². The van der Waals surface area contributed by atoms with Crippen LogP contribution in [0.4, 0.5) is 18.9 Å². The highest BCUT2D eigenvalue weighted by molar-refractivity contribution is 7.93. The third-order valence-electron chi connectivity index (χ3n) is 3.81. The van der Waals surface area contributed by atoms with E-state index < -0.39 is 21.9 Å². The number of H-pyrrole nitrogens is 1. The first-order valence-corrected chi connectivity index (χ1v) is 10.2. The van der Waals surface area contributed by atoms with Crippen LogP contribution in [0.3, 0.4) is 0 Å². The molecule has 0 saturated heterocycles. The van der Waals surface area contributed by atoms with E-state index in [1.165, 1.54) is 6.07 Å². The van der Waals surface area contributed by atoms with E-state index in [2.05, 4.69) is 9.82 Å². The maximum Gasteiger partial charge on any atom is 0.432 e. The van der Waals surface area contributed by atoms with Crippen LogP contribution in [-0.4, -0.2) is 18.6 Å². The van der Waals surface area contributed by atoms with E-state index in [1.807, 2.05) is 5.10 Å². The molecule has 0 aliphatic rings. The second-order valence-corrected chi connectivity index (χ2v) is 9.03. The van der Waals surface area contributed by atoms with Crippen molar-refractivity contribution in [2.45, 2.75) is 24.9 Å². The molecule has 0 atom stereocenters. The number of aryl methyl sites for hydroxylation is 1. The van der Waals surface area contributed by atoms with Crippen molar-refractivity contribution in [3.63, 3.8) is 0 Å². The minimum atomic E-state index is -4.56. The Labute approximate surface area is 162 Å². The van der Waals surface area contributed by atoms with Gasteiger partial charge in [-0.1, -0.05) is 17.7 Å². The number of thiophene rings is 1. The predicted molar refractivity (Wildman–Crippen MR) is 98.6 cm³/mol. The van der Waals surface area contributed by atoms with Crippen LogP contribution >= 0.6 is 22.9 Å². The molecule has 0 spiro atoms. The molecule has 27 heavy (non-hydrogen) atoms. The standard InChI is InChI=1S/C16H13ClF3N3O2S2/c1-8-10(17)4-3-5-11(8)23-27(24,25)14-7-13(26-9(14)2)12-6-15(22-21-12)16(18,19)20/h3-7,23H,1-2H3,(H,21,22). The minimum Gasteiger partial charge on any atom is -0.279 e. The molecule has 0 amide bonds. The first kappa shape index (κ1) is 19.7. The van der Waals surface area contributed by atoms with Crippen molar-refractivity contribution in [2.24, 2.45) is 0 Å². The van der Waals surface area contributed by atoms with E-state index >= 15 is 0 Å². The second-order valence-electron chi connectivity index (χ2n) is 5.71. The lowest BCUT2D eigenvalue weighted by molar-refractivity contribution is -0.141. The molecule has 0 aliphatic heterocycles. The summed E-state index contributed by atoms with van der Waals surface area (Å²) in [5.41, 5.74) is -0.0804. The molecule has 2 heterocycles. The SMILES string of the molecule is Cc1sc(-c2cc(C(F)(F)F)[nH]n2)cc1S(=O)(=O)Nc1cccc(Cl)c1C. The molecule has 0 aliphatic carbocycles. The number of hydrogen-bond acceptors (Lipinski definition) is 4. The number of hydrogen-bond donors (Lipinski definition) is 2. The fourth-order valence-corrected chi connectivity index (χ4v) is 5.22. The third-order valence-corrected chi connectivity index (χ3v) is 6.91. The van der Waals surface area contributed by atoms with Gasteiger partial charge in [0, 0.05) is 9.90 Å². The summed E-state index contributed by atoms with van der Waals surface area (Å²) >= 11 is 7.05. The van der Waals surface area contributed by atoms with Crippen molar-refractivity contribution in [1.29, 1.82) is 0 Å². The summed E-state index contributed by atoms with van der Waals surface area (Å²) in [6, 6.07) is 6.97. The summed E-state index contributed by atoms with van der Waals surface area (Å²) in [6.45, 7) is 3.25. The Morgan fingerprint density at radius 1 is 1.22 bits per heavy atom. The van der Waals surface area contributed by atoms with Gasteiger partial charge in [0.15, 0.2) is 0 Å². The van der Waals surface area contributed by atoms with Gasteiger partial charge in [0.1, 0.15) is 16.3 Å². The van der Waals surface area contributed by atoms with Crippen LogP contribution in [0.15, 0.2) is 35.2 Å². The van der Waals surface area contributed by atoms with Crippen molar-refractivity contribution in [1.82, 2.24) is 10.2 Å². The third kappa shape index (κ3) is 3.97. The molecule has 0 unspecified atom stereocenters. The lowest BCUT2D eigenvalue weighted by Gasteiger charge is -2.11. The molecule has 2 aromatic heterocycles. The Balaban J connectivity index is 1.96. The molecular weight excluding hydrogens is 423 g/mol. The number of sulfonamides is 1. The van der Waals surface area contributed by atoms with Crippen LogP contribution in [0.25, 0.3) is 10.6 Å². The van der Waals surface area contributed by atoms with Crippen molar-refractivity contribution in [2.75, 3.05) is 4.72 Å². The number of rotatable bonds is 4. The smallest absolute Gasteiger partial charge is 0.279 e. The number of nitrogens with zero attached hydrogens (tertiary/aromatic N) is 1. The van der Waals surface area contributed by atoms with Gasteiger partial charge in [0.05, 0.1) is 10.6 Å². The molecule has 0 bridgehead atoms. The number of alkyl halides is 3. The second kappa shape index (κ2) is 6.84. The van der Waals surface area contributed by atoms with E-state index in [-0.39, 0.29) is 10.6 Å². The molecular formula is C16H13ClF3N3O2S2. The summed E-state index contributed by atoms with van der Waals surface area (Å²) in [4.78, 5) is 0.703. The highest BCUT2D eigenvalue weighted by atomic mass is 35.5. The number of nitrogens with one attached hydrogen (secondary N) is 2. The Morgan fingerprint density at radius 3 is 2.56 bits per heavy atom. The summed E-state index contributed by atoms with van der Waals surface area (Å²) in [6.07, 6.45) is -4.56. The van der Waals surface area contributed by atoms with Gasteiger partial charge >= 0.3 is 6.18 Å². The topological polar surface area (TPSA) is 74.8 Å². The van der Waals surface area contributed by atoms with Crippen LogP contribution in [0.1, 0.15) is 16.1 Å². The fraction of sp³-hybridized carbons (Fsp3) is 0.188. The Kier molecular flexibility index (Phi) is 5.00. The van der Waals surface area contributed by atoms with Gasteiger partial charge < -0.3 is 0 Å². The molecule has 3 rings (SSSR count). The lowest BCUT2D eigenvalue weighted by atomic mass is 10.2. The number of halogens is 4. The van der Waals surface area contributed by atoms with Crippen molar-refractivity contribution >= 4 is 38.6 Å². The highest BCUT2D eigenvalue weighted by Crippen LogP contribution is 2.36. The molecule has 5 nitrogen and oxygen atoms in total. The molecule has 11 heteroatoms.